The quantitative estimate of drug-likeness (QED) is 0.519. The van der Waals surface area contributed by atoms with Crippen molar-refractivity contribution in [3.63, 3.8) is 0 Å². The number of benzene rings is 1. The van der Waals surface area contributed by atoms with Gasteiger partial charge in [-0.05, 0) is 25.3 Å². The van der Waals surface area contributed by atoms with Gasteiger partial charge >= 0.3 is 0 Å². The summed E-state index contributed by atoms with van der Waals surface area (Å²) in [6.07, 6.45) is 4.98. The molecule has 0 unspecified atom stereocenters. The number of Topliss-reactive ketones (excluding diaryl/α,β-unsaturated/α-hetero) is 1. The minimum atomic E-state index is -0.477. The highest BCUT2D eigenvalue weighted by molar-refractivity contribution is 5.96. The third-order valence-electron chi connectivity index (χ3n) is 3.26. The molecule has 0 saturated heterocycles. The average Bonchev–Trinajstić information content (AvgIpc) is 2.46. The van der Waals surface area contributed by atoms with E-state index in [0.717, 1.165) is 24.8 Å². The van der Waals surface area contributed by atoms with Crippen LogP contribution in [0.5, 0.6) is 5.75 Å². The normalized spacial score (nSPS) is 17.1. The van der Waals surface area contributed by atoms with Gasteiger partial charge in [0.2, 0.25) is 0 Å². The number of hydrogen-bond donors (Lipinski definition) is 1. The highest BCUT2D eigenvalue weighted by Gasteiger charge is 2.15. The van der Waals surface area contributed by atoms with Gasteiger partial charge in [-0.25, -0.2) is 0 Å². The lowest BCUT2D eigenvalue weighted by Gasteiger charge is -2.13. The second-order valence-electron chi connectivity index (χ2n) is 4.59. The molecule has 0 atom stereocenters. The number of methoxy groups -OCH3 is 1. The monoisotopic (exact) mass is 276 g/mol. The van der Waals surface area contributed by atoms with Crippen molar-refractivity contribution >= 4 is 17.2 Å². The first kappa shape index (κ1) is 14.0. The van der Waals surface area contributed by atoms with E-state index in [1.54, 1.807) is 12.3 Å². The molecule has 6 heteroatoms. The molecule has 6 nitrogen and oxygen atoms in total. The molecular weight excluding hydrogens is 260 g/mol. The molecule has 0 spiro atoms. The predicted octanol–water partition coefficient (Wildman–Crippen LogP) is 3.04. The van der Waals surface area contributed by atoms with Crippen LogP contribution in [0.4, 0.5) is 11.4 Å². The summed E-state index contributed by atoms with van der Waals surface area (Å²) in [7, 11) is 1.45. The van der Waals surface area contributed by atoms with Gasteiger partial charge in [-0.1, -0.05) is 0 Å². The number of hydrogen-bond acceptors (Lipinski definition) is 5. The topological polar surface area (TPSA) is 81.5 Å². The Bertz CT molecular complexity index is 566. The van der Waals surface area contributed by atoms with E-state index in [4.69, 9.17) is 4.74 Å². The number of anilines is 1. The molecule has 1 N–H and O–H groups in total. The zero-order valence-electron chi connectivity index (χ0n) is 11.2. The van der Waals surface area contributed by atoms with Crippen LogP contribution in [0.1, 0.15) is 25.7 Å². The first-order chi connectivity index (χ1) is 9.61. The average molecular weight is 276 g/mol. The van der Waals surface area contributed by atoms with Crippen LogP contribution in [-0.2, 0) is 4.79 Å². The number of carbonyl (C=O) groups is 1. The first-order valence-corrected chi connectivity index (χ1v) is 6.43. The van der Waals surface area contributed by atoms with Crippen molar-refractivity contribution in [3.8, 4) is 5.75 Å². The minimum Gasteiger partial charge on any atom is -0.494 e. The molecule has 2 rings (SSSR count). The number of non-ortho nitro benzene ring substituents is 1. The smallest absolute Gasteiger partial charge is 0.273 e. The van der Waals surface area contributed by atoms with E-state index in [0.29, 0.717) is 17.9 Å². The van der Waals surface area contributed by atoms with Gasteiger partial charge in [0.05, 0.1) is 23.8 Å². The summed E-state index contributed by atoms with van der Waals surface area (Å²) in [6, 6.07) is 4.32. The summed E-state index contributed by atoms with van der Waals surface area (Å²) in [5.41, 5.74) is 1.33. The molecule has 0 bridgehead atoms. The van der Waals surface area contributed by atoms with Gasteiger partial charge in [-0.15, -0.1) is 0 Å². The van der Waals surface area contributed by atoms with Crippen LogP contribution >= 0.6 is 0 Å². The molecule has 0 amide bonds. The van der Waals surface area contributed by atoms with E-state index in [-0.39, 0.29) is 11.5 Å². The summed E-state index contributed by atoms with van der Waals surface area (Å²) < 4.78 is 5.12. The molecule has 1 fully saturated rings. The van der Waals surface area contributed by atoms with Gasteiger partial charge in [-0.3, -0.25) is 14.9 Å². The fourth-order valence-electron chi connectivity index (χ4n) is 2.13. The van der Waals surface area contributed by atoms with Crippen LogP contribution in [0.25, 0.3) is 0 Å². The number of nitrogens with one attached hydrogen (secondary N) is 1. The van der Waals surface area contributed by atoms with Crippen molar-refractivity contribution in [2.75, 3.05) is 12.4 Å². The molecule has 20 heavy (non-hydrogen) atoms. The predicted molar refractivity (Wildman–Crippen MR) is 74.8 cm³/mol. The van der Waals surface area contributed by atoms with Crippen LogP contribution in [0.2, 0.25) is 0 Å². The van der Waals surface area contributed by atoms with E-state index in [1.165, 1.54) is 19.2 Å². The fourth-order valence-corrected chi connectivity index (χ4v) is 2.13. The van der Waals surface area contributed by atoms with Crippen LogP contribution in [0, 0.1) is 10.1 Å². The molecular formula is C14H16N2O4. The van der Waals surface area contributed by atoms with Crippen LogP contribution in [0.15, 0.2) is 30.0 Å². The van der Waals surface area contributed by atoms with Gasteiger partial charge in [-0.2, -0.15) is 0 Å². The second-order valence-corrected chi connectivity index (χ2v) is 4.59. The second kappa shape index (κ2) is 6.18. The number of nitro groups is 1. The van der Waals surface area contributed by atoms with E-state index < -0.39 is 4.92 Å². The summed E-state index contributed by atoms with van der Waals surface area (Å²) in [6.45, 7) is 0. The van der Waals surface area contributed by atoms with E-state index in [1.807, 2.05) is 0 Å². The van der Waals surface area contributed by atoms with Crippen molar-refractivity contribution in [2.45, 2.75) is 25.7 Å². The summed E-state index contributed by atoms with van der Waals surface area (Å²) in [5.74, 6) is 0.531. The molecule has 1 aliphatic rings. The van der Waals surface area contributed by atoms with Gasteiger partial charge in [0.25, 0.3) is 5.69 Å². The van der Waals surface area contributed by atoms with E-state index >= 15 is 0 Å². The number of nitrogens with zero attached hydrogens (tertiary/aromatic N) is 1. The Hall–Kier alpha value is -2.37. The fraction of sp³-hybridized carbons (Fsp3) is 0.357. The van der Waals surface area contributed by atoms with Crippen molar-refractivity contribution in [3.05, 3.63) is 40.1 Å². The van der Waals surface area contributed by atoms with Crippen molar-refractivity contribution < 1.29 is 14.5 Å². The van der Waals surface area contributed by atoms with Gasteiger partial charge in [0.15, 0.2) is 5.78 Å². The minimum absolute atomic E-state index is 0.0335. The Morgan fingerprint density at radius 2 is 2.10 bits per heavy atom. The number of carbonyl (C=O) groups excluding carboxylic acids is 1. The molecule has 1 aliphatic carbocycles. The number of ether oxygens (including phenoxy) is 1. The first-order valence-electron chi connectivity index (χ1n) is 6.43. The SMILES string of the molecule is COc1cc([N+](=O)[O-])ccc1NC=C1CCCCC1=O. The lowest BCUT2D eigenvalue weighted by Crippen LogP contribution is -2.10. The maximum atomic E-state index is 11.7. The van der Waals surface area contributed by atoms with Crippen molar-refractivity contribution in [2.24, 2.45) is 0 Å². The Morgan fingerprint density at radius 1 is 1.35 bits per heavy atom. The Labute approximate surface area is 116 Å². The standard InChI is InChI=1S/C14H16N2O4/c1-20-14-8-11(16(18)19)6-7-12(14)15-9-10-4-2-3-5-13(10)17/h6-9,15H,2-5H2,1H3. The Balaban J connectivity index is 2.18. The maximum Gasteiger partial charge on any atom is 0.273 e. The Kier molecular flexibility index (Phi) is 4.34. The zero-order chi connectivity index (χ0) is 14.5. The lowest BCUT2D eigenvalue weighted by molar-refractivity contribution is -0.384. The van der Waals surface area contributed by atoms with Gasteiger partial charge < -0.3 is 10.1 Å². The summed E-state index contributed by atoms with van der Waals surface area (Å²) >= 11 is 0. The van der Waals surface area contributed by atoms with Crippen molar-refractivity contribution in [1.82, 2.24) is 0 Å². The molecule has 0 radical (unpaired) electrons. The largest absolute Gasteiger partial charge is 0.494 e. The highest BCUT2D eigenvalue weighted by atomic mass is 16.6. The van der Waals surface area contributed by atoms with Crippen LogP contribution < -0.4 is 10.1 Å². The summed E-state index contributed by atoms with van der Waals surface area (Å²) in [5, 5.41) is 13.7. The lowest BCUT2D eigenvalue weighted by atomic mass is 9.94. The van der Waals surface area contributed by atoms with Gasteiger partial charge in [0.1, 0.15) is 5.75 Å². The third kappa shape index (κ3) is 3.14. The van der Waals surface area contributed by atoms with Gasteiger partial charge in [0, 0.05) is 24.3 Å². The summed E-state index contributed by atoms with van der Waals surface area (Å²) in [4.78, 5) is 21.9. The van der Waals surface area contributed by atoms with Crippen molar-refractivity contribution in [1.29, 1.82) is 0 Å². The molecule has 1 saturated carbocycles. The molecule has 106 valence electrons. The van der Waals surface area contributed by atoms with E-state index in [9.17, 15) is 14.9 Å². The Morgan fingerprint density at radius 3 is 2.75 bits per heavy atom. The molecule has 1 aromatic carbocycles. The number of allylic oxidation sites excluding steroid dienone is 1. The highest BCUT2D eigenvalue weighted by Crippen LogP contribution is 2.29. The maximum absolute atomic E-state index is 11.7. The third-order valence-corrected chi connectivity index (χ3v) is 3.26. The van der Waals surface area contributed by atoms with Crippen LogP contribution in [0.3, 0.4) is 0 Å². The molecule has 0 aromatic heterocycles. The number of nitro benzene ring substituents is 1. The van der Waals surface area contributed by atoms with Crippen LogP contribution in [-0.4, -0.2) is 17.8 Å². The van der Waals surface area contributed by atoms with E-state index in [2.05, 4.69) is 5.32 Å². The zero-order valence-corrected chi connectivity index (χ0v) is 11.2. The number of ketones is 1. The molecule has 0 heterocycles. The number of rotatable bonds is 4. The molecule has 0 aliphatic heterocycles. The molecule has 1 aromatic rings.